The lowest BCUT2D eigenvalue weighted by molar-refractivity contribution is 0.0333. The number of nitrogens with zero attached hydrogens (tertiary/aromatic N) is 3. The van der Waals surface area contributed by atoms with Crippen molar-refractivity contribution in [1.82, 2.24) is 15.0 Å². The quantitative estimate of drug-likeness (QED) is 0.0374. The molecule has 12 nitrogen and oxygen atoms in total. The van der Waals surface area contributed by atoms with Crippen molar-refractivity contribution >= 4 is 22.8 Å². The fourth-order valence-electron chi connectivity index (χ4n) is 6.52. The predicted molar refractivity (Wildman–Crippen MR) is 237 cm³/mol. The van der Waals surface area contributed by atoms with E-state index in [1.54, 1.807) is 41.1 Å². The van der Waals surface area contributed by atoms with E-state index in [-0.39, 0.29) is 34.9 Å². The van der Waals surface area contributed by atoms with Gasteiger partial charge in [-0.1, -0.05) is 77.5 Å². The van der Waals surface area contributed by atoms with Crippen LogP contribution in [0.4, 0.5) is 0 Å². The van der Waals surface area contributed by atoms with Crippen molar-refractivity contribution in [1.29, 1.82) is 0 Å². The molecule has 0 amide bonds. The Balaban J connectivity index is 0.739. The molecular formula is C50H49N3O9. The molecule has 5 aromatic carbocycles. The van der Waals surface area contributed by atoms with Crippen LogP contribution in [0.1, 0.15) is 45.6 Å². The molecule has 2 aromatic heterocycles. The van der Waals surface area contributed by atoms with Crippen LogP contribution in [-0.4, -0.2) is 65.5 Å². The Morgan fingerprint density at radius 3 is 2.27 bits per heavy atom. The smallest absolute Gasteiger partial charge is 0.235 e. The van der Waals surface area contributed by atoms with Gasteiger partial charge in [0.05, 0.1) is 56.2 Å². The van der Waals surface area contributed by atoms with Gasteiger partial charge in [-0.15, -0.1) is 5.10 Å². The number of fused-ring (bicyclic) bond motifs is 1. The van der Waals surface area contributed by atoms with Crippen LogP contribution < -0.4 is 19.6 Å². The van der Waals surface area contributed by atoms with Gasteiger partial charge in [0.25, 0.3) is 0 Å². The lowest BCUT2D eigenvalue weighted by atomic mass is 10.1. The minimum absolute atomic E-state index is 0.0256. The number of rotatable bonds is 23. The summed E-state index contributed by atoms with van der Waals surface area (Å²) in [5, 5.41) is 18.9. The Kier molecular flexibility index (Phi) is 15.3. The lowest BCUT2D eigenvalue weighted by Gasteiger charge is -2.12. The van der Waals surface area contributed by atoms with Gasteiger partial charge in [-0.2, -0.15) is 0 Å². The number of aromatic hydroxyl groups is 1. The van der Waals surface area contributed by atoms with Crippen molar-refractivity contribution < 1.29 is 38.0 Å². The molecule has 0 aliphatic carbocycles. The molecule has 0 aliphatic rings. The standard InChI is InChI=1S/C50H49N3O9/c1-36-14-24-45(54)44(33-36)46(55)25-17-37-15-20-41(21-16-37)59-27-8-7-11-40-34-53(52-51-40)26-28-57-29-30-58-31-32-60-42-22-18-39(19-23-42)49-50(61-35-38-9-3-2-4-10-38)48(56)43-12-5-6-13-47(43)62-49/h2-6,9-10,12-25,33-34,54H,7-8,11,26-32,35H2,1H3/b25-17+. The number of phenols is 1. The highest BCUT2D eigenvalue weighted by Crippen LogP contribution is 2.32. The minimum Gasteiger partial charge on any atom is -0.507 e. The van der Waals surface area contributed by atoms with Crippen LogP contribution in [0.3, 0.4) is 0 Å². The maximum atomic E-state index is 13.4. The molecule has 318 valence electrons. The predicted octanol–water partition coefficient (Wildman–Crippen LogP) is 9.05. The molecule has 0 bridgehead atoms. The summed E-state index contributed by atoms with van der Waals surface area (Å²) < 4.78 is 37.2. The third-order valence-electron chi connectivity index (χ3n) is 9.84. The van der Waals surface area contributed by atoms with Gasteiger partial charge in [0, 0.05) is 11.8 Å². The maximum absolute atomic E-state index is 13.4. The molecule has 1 N–H and O–H groups in total. The van der Waals surface area contributed by atoms with Crippen molar-refractivity contribution in [3.8, 4) is 34.3 Å². The average Bonchev–Trinajstić information content (AvgIpc) is 3.76. The van der Waals surface area contributed by atoms with E-state index in [0.717, 1.165) is 47.4 Å². The van der Waals surface area contributed by atoms with Crippen LogP contribution in [-0.2, 0) is 29.0 Å². The van der Waals surface area contributed by atoms with Crippen molar-refractivity contribution in [2.75, 3.05) is 39.6 Å². The number of hydrogen-bond acceptors (Lipinski definition) is 11. The van der Waals surface area contributed by atoms with Crippen LogP contribution in [0.25, 0.3) is 28.4 Å². The zero-order valence-corrected chi connectivity index (χ0v) is 34.6. The fourth-order valence-corrected chi connectivity index (χ4v) is 6.52. The van der Waals surface area contributed by atoms with Crippen molar-refractivity contribution in [3.63, 3.8) is 0 Å². The third kappa shape index (κ3) is 12.3. The van der Waals surface area contributed by atoms with Gasteiger partial charge >= 0.3 is 0 Å². The molecule has 7 rings (SSSR count). The van der Waals surface area contributed by atoms with Crippen LogP contribution in [0.15, 0.2) is 143 Å². The van der Waals surface area contributed by atoms with Gasteiger partial charge in [0.15, 0.2) is 11.5 Å². The summed E-state index contributed by atoms with van der Waals surface area (Å²) in [6, 6.07) is 36.7. The monoisotopic (exact) mass is 835 g/mol. The van der Waals surface area contributed by atoms with Gasteiger partial charge in [0.2, 0.25) is 11.2 Å². The number of carbonyl (C=O) groups excluding carboxylic acids is 1. The summed E-state index contributed by atoms with van der Waals surface area (Å²) in [5.41, 5.74) is 4.90. The first-order valence-corrected chi connectivity index (χ1v) is 20.6. The van der Waals surface area contributed by atoms with E-state index in [2.05, 4.69) is 10.3 Å². The zero-order valence-electron chi connectivity index (χ0n) is 34.6. The second-order valence-corrected chi connectivity index (χ2v) is 14.5. The van der Waals surface area contributed by atoms with Crippen LogP contribution in [0, 0.1) is 6.92 Å². The SMILES string of the molecule is Cc1ccc(O)c(C(=O)/C=C/c2ccc(OCCCCc3cn(CCOCCOCCOc4ccc(-c5oc6ccccc6c(=O)c5OCc5ccccc5)cc4)nn3)cc2)c1. The molecule has 7 aromatic rings. The number of benzene rings is 5. The van der Waals surface area contributed by atoms with Gasteiger partial charge < -0.3 is 33.2 Å². The van der Waals surface area contributed by atoms with E-state index >= 15 is 0 Å². The Bertz CT molecular complexity index is 2600. The first-order valence-electron chi connectivity index (χ1n) is 20.6. The number of aryl methyl sites for hydroxylation is 2. The largest absolute Gasteiger partial charge is 0.507 e. The highest BCUT2D eigenvalue weighted by atomic mass is 16.5. The molecule has 0 spiro atoms. The first kappa shape index (κ1) is 43.1. The van der Waals surface area contributed by atoms with Crippen molar-refractivity contribution in [2.24, 2.45) is 0 Å². The number of phenolic OH excluding ortho intramolecular Hbond substituents is 1. The highest BCUT2D eigenvalue weighted by molar-refractivity contribution is 6.08. The second-order valence-electron chi connectivity index (χ2n) is 14.5. The normalized spacial score (nSPS) is 11.3. The lowest BCUT2D eigenvalue weighted by Crippen LogP contribution is -2.13. The number of aromatic nitrogens is 3. The Hall–Kier alpha value is -7.02. The molecule has 0 radical (unpaired) electrons. The molecule has 2 heterocycles. The summed E-state index contributed by atoms with van der Waals surface area (Å²) in [5.74, 6) is 1.68. The van der Waals surface area contributed by atoms with E-state index in [0.29, 0.717) is 74.2 Å². The molecule has 62 heavy (non-hydrogen) atoms. The van der Waals surface area contributed by atoms with Crippen molar-refractivity contribution in [2.45, 2.75) is 39.3 Å². The van der Waals surface area contributed by atoms with Gasteiger partial charge in [-0.25, -0.2) is 4.68 Å². The average molecular weight is 836 g/mol. The first-order chi connectivity index (χ1) is 30.4. The second kappa shape index (κ2) is 22.0. The fraction of sp³-hybridized carbons (Fsp3) is 0.240. The molecule has 0 unspecified atom stereocenters. The molecular weight excluding hydrogens is 787 g/mol. The van der Waals surface area contributed by atoms with Crippen LogP contribution in [0.2, 0.25) is 0 Å². The number of para-hydroxylation sites is 1. The Morgan fingerprint density at radius 1 is 0.758 bits per heavy atom. The van der Waals surface area contributed by atoms with E-state index in [1.807, 2.05) is 98.0 Å². The summed E-state index contributed by atoms with van der Waals surface area (Å²) in [7, 11) is 0. The summed E-state index contributed by atoms with van der Waals surface area (Å²) in [6.07, 6.45) is 7.70. The molecule has 12 heteroatoms. The number of ether oxygens (including phenoxy) is 5. The number of unbranched alkanes of at least 4 members (excludes halogenated alkanes) is 1. The highest BCUT2D eigenvalue weighted by Gasteiger charge is 2.18. The number of hydrogen-bond donors (Lipinski definition) is 1. The van der Waals surface area contributed by atoms with Gasteiger partial charge in [-0.05, 0) is 104 Å². The summed E-state index contributed by atoms with van der Waals surface area (Å²) in [4.78, 5) is 25.9. The molecule has 0 atom stereocenters. The van der Waals surface area contributed by atoms with E-state index in [4.69, 9.17) is 28.1 Å². The van der Waals surface area contributed by atoms with Gasteiger partial charge in [-0.3, -0.25) is 9.59 Å². The Morgan fingerprint density at radius 2 is 1.47 bits per heavy atom. The topological polar surface area (TPSA) is 144 Å². The zero-order chi connectivity index (χ0) is 42.9. The molecule has 0 fully saturated rings. The van der Waals surface area contributed by atoms with Gasteiger partial charge in [0.1, 0.15) is 36.0 Å². The van der Waals surface area contributed by atoms with E-state index < -0.39 is 0 Å². The van der Waals surface area contributed by atoms with Crippen LogP contribution in [0.5, 0.6) is 23.0 Å². The number of ketones is 1. The van der Waals surface area contributed by atoms with Crippen LogP contribution >= 0.6 is 0 Å². The summed E-state index contributed by atoms with van der Waals surface area (Å²) in [6.45, 7) is 5.41. The Labute approximate surface area is 359 Å². The molecule has 0 aliphatic heterocycles. The minimum atomic E-state index is -0.250. The third-order valence-corrected chi connectivity index (χ3v) is 9.84. The number of carbonyl (C=O) groups is 1. The van der Waals surface area contributed by atoms with Crippen molar-refractivity contribution in [3.05, 3.63) is 172 Å². The molecule has 0 saturated carbocycles. The van der Waals surface area contributed by atoms with E-state index in [9.17, 15) is 14.7 Å². The number of allylic oxidation sites excluding steroid dienone is 1. The summed E-state index contributed by atoms with van der Waals surface area (Å²) >= 11 is 0. The van der Waals surface area contributed by atoms with E-state index in [1.165, 1.54) is 12.1 Å². The maximum Gasteiger partial charge on any atom is 0.235 e. The molecule has 0 saturated heterocycles.